The van der Waals surface area contributed by atoms with Crippen molar-refractivity contribution >= 4 is 27.0 Å². The fourth-order valence-corrected chi connectivity index (χ4v) is 1.92. The normalized spacial score (nSPS) is 10.2. The largest absolute Gasteiger partial charge is 0.345 e. The van der Waals surface area contributed by atoms with Crippen LogP contribution < -0.4 is 0 Å². The molecular weight excluding hydrogens is 230 g/mol. The van der Waals surface area contributed by atoms with Gasteiger partial charge in [-0.3, -0.25) is 0 Å². The van der Waals surface area contributed by atoms with Crippen molar-refractivity contribution in [3.63, 3.8) is 0 Å². The minimum Gasteiger partial charge on any atom is -0.345 e. The number of rotatable bonds is 0. The molecule has 13 heavy (non-hydrogen) atoms. The van der Waals surface area contributed by atoms with Crippen LogP contribution in [0.15, 0.2) is 16.9 Å². The predicted molar refractivity (Wildman–Crippen MR) is 53.2 cm³/mol. The van der Waals surface area contributed by atoms with Gasteiger partial charge >= 0.3 is 0 Å². The Labute approximate surface area is 83.5 Å². The van der Waals surface area contributed by atoms with Gasteiger partial charge in [-0.2, -0.15) is 5.26 Å². The van der Waals surface area contributed by atoms with Crippen LogP contribution in [0, 0.1) is 18.3 Å². The van der Waals surface area contributed by atoms with Gasteiger partial charge in [0.05, 0.1) is 5.56 Å². The molecule has 3 nitrogen and oxygen atoms in total. The highest BCUT2D eigenvalue weighted by Gasteiger charge is 2.08. The number of aromatic nitrogens is 2. The van der Waals surface area contributed by atoms with Crippen LogP contribution in [0.5, 0.6) is 0 Å². The van der Waals surface area contributed by atoms with Gasteiger partial charge in [-0.15, -0.1) is 0 Å². The number of aryl methyl sites for hydroxylation is 1. The summed E-state index contributed by atoms with van der Waals surface area (Å²) in [6.07, 6.45) is 3.41. The monoisotopic (exact) mass is 235 g/mol. The number of halogens is 1. The molecule has 0 fully saturated rings. The zero-order chi connectivity index (χ0) is 9.42. The van der Waals surface area contributed by atoms with Gasteiger partial charge in [0.2, 0.25) is 0 Å². The Kier molecular flexibility index (Phi) is 1.82. The number of nitrogens with zero attached hydrogens (tertiary/aromatic N) is 2. The lowest BCUT2D eigenvalue weighted by Crippen LogP contribution is -1.86. The maximum absolute atomic E-state index is 8.79. The zero-order valence-electron chi connectivity index (χ0n) is 6.93. The van der Waals surface area contributed by atoms with Crippen LogP contribution in [-0.2, 0) is 0 Å². The van der Waals surface area contributed by atoms with Gasteiger partial charge in [0.25, 0.3) is 0 Å². The highest BCUT2D eigenvalue weighted by atomic mass is 79.9. The van der Waals surface area contributed by atoms with E-state index in [4.69, 9.17) is 5.26 Å². The van der Waals surface area contributed by atoms with Crippen molar-refractivity contribution in [2.24, 2.45) is 0 Å². The third kappa shape index (κ3) is 1.12. The Morgan fingerprint density at radius 2 is 2.38 bits per heavy atom. The van der Waals surface area contributed by atoms with Crippen molar-refractivity contribution in [3.8, 4) is 6.07 Å². The summed E-state index contributed by atoms with van der Waals surface area (Å²) in [5.41, 5.74) is 2.39. The molecule has 2 aromatic heterocycles. The molecule has 0 aromatic carbocycles. The van der Waals surface area contributed by atoms with E-state index in [1.165, 1.54) is 0 Å². The molecule has 4 heteroatoms. The van der Waals surface area contributed by atoms with E-state index in [9.17, 15) is 0 Å². The molecule has 0 amide bonds. The number of hydrogen-bond acceptors (Lipinski definition) is 2. The van der Waals surface area contributed by atoms with E-state index in [2.05, 4.69) is 32.0 Å². The Hall–Kier alpha value is -1.34. The predicted octanol–water partition coefficient (Wildman–Crippen LogP) is 2.51. The molecule has 0 bridgehead atoms. The van der Waals surface area contributed by atoms with Gasteiger partial charge in [0.1, 0.15) is 11.7 Å². The van der Waals surface area contributed by atoms with E-state index >= 15 is 0 Å². The van der Waals surface area contributed by atoms with Crippen molar-refractivity contribution in [2.75, 3.05) is 0 Å². The summed E-state index contributed by atoms with van der Waals surface area (Å²) in [5.74, 6) is 0. The molecule has 0 aliphatic heterocycles. The van der Waals surface area contributed by atoms with E-state index in [0.29, 0.717) is 5.56 Å². The fraction of sp³-hybridized carbons (Fsp3) is 0.111. The van der Waals surface area contributed by atoms with E-state index in [0.717, 1.165) is 21.1 Å². The first-order valence-electron chi connectivity index (χ1n) is 3.76. The average Bonchev–Trinajstić information content (AvgIpc) is 2.49. The minimum absolute atomic E-state index is 0.618. The van der Waals surface area contributed by atoms with Crippen LogP contribution in [0.25, 0.3) is 11.0 Å². The molecule has 0 spiro atoms. The van der Waals surface area contributed by atoms with E-state index in [-0.39, 0.29) is 0 Å². The average molecular weight is 236 g/mol. The zero-order valence-corrected chi connectivity index (χ0v) is 8.51. The number of pyridine rings is 1. The first-order valence-corrected chi connectivity index (χ1v) is 4.55. The number of nitrogens with one attached hydrogen (secondary N) is 1. The van der Waals surface area contributed by atoms with Crippen molar-refractivity contribution < 1.29 is 0 Å². The van der Waals surface area contributed by atoms with Gasteiger partial charge < -0.3 is 4.98 Å². The maximum atomic E-state index is 8.79. The van der Waals surface area contributed by atoms with Crippen molar-refractivity contribution in [1.82, 2.24) is 9.97 Å². The standard InChI is InChI=1S/C9H6BrN3/c1-5-6(2-11)3-12-9-8(5)7(10)4-13-9/h3-4H,1H3,(H,12,13). The van der Waals surface area contributed by atoms with Crippen LogP contribution in [0.1, 0.15) is 11.1 Å². The second-order valence-electron chi connectivity index (χ2n) is 2.77. The summed E-state index contributed by atoms with van der Waals surface area (Å²) in [6, 6.07) is 2.11. The van der Waals surface area contributed by atoms with Crippen molar-refractivity contribution in [3.05, 3.63) is 28.0 Å². The maximum Gasteiger partial charge on any atom is 0.138 e. The second-order valence-corrected chi connectivity index (χ2v) is 3.62. The quantitative estimate of drug-likeness (QED) is 0.763. The van der Waals surface area contributed by atoms with Crippen LogP contribution in [0.3, 0.4) is 0 Å². The molecule has 1 N–H and O–H groups in total. The summed E-state index contributed by atoms with van der Waals surface area (Å²) in [6.45, 7) is 1.92. The Bertz CT molecular complexity index is 507. The highest BCUT2D eigenvalue weighted by Crippen LogP contribution is 2.26. The Balaban J connectivity index is 2.93. The SMILES string of the molecule is Cc1c(C#N)cnc2[nH]cc(Br)c12. The summed E-state index contributed by atoms with van der Waals surface area (Å²) in [7, 11) is 0. The molecular formula is C9H6BrN3. The van der Waals surface area contributed by atoms with E-state index in [1.807, 2.05) is 13.1 Å². The lowest BCUT2D eigenvalue weighted by Gasteiger charge is -1.98. The van der Waals surface area contributed by atoms with E-state index in [1.54, 1.807) is 6.20 Å². The number of H-pyrrole nitrogens is 1. The number of fused-ring (bicyclic) bond motifs is 1. The smallest absolute Gasteiger partial charge is 0.138 e. The molecule has 0 atom stereocenters. The van der Waals surface area contributed by atoms with Crippen LogP contribution in [-0.4, -0.2) is 9.97 Å². The molecule has 64 valence electrons. The molecule has 0 unspecified atom stereocenters. The fourth-order valence-electron chi connectivity index (χ4n) is 1.32. The topological polar surface area (TPSA) is 52.5 Å². The third-order valence-corrected chi connectivity index (χ3v) is 2.66. The van der Waals surface area contributed by atoms with Gasteiger partial charge in [-0.25, -0.2) is 4.98 Å². The molecule has 0 radical (unpaired) electrons. The molecule has 2 rings (SSSR count). The third-order valence-electron chi connectivity index (χ3n) is 2.03. The Morgan fingerprint density at radius 1 is 1.62 bits per heavy atom. The lowest BCUT2D eigenvalue weighted by atomic mass is 10.1. The molecule has 0 saturated heterocycles. The minimum atomic E-state index is 0.618. The molecule has 2 aromatic rings. The van der Waals surface area contributed by atoms with Gasteiger partial charge in [-0.1, -0.05) is 0 Å². The lowest BCUT2D eigenvalue weighted by molar-refractivity contribution is 1.28. The summed E-state index contributed by atoms with van der Waals surface area (Å²) in [5, 5.41) is 9.78. The second kappa shape index (κ2) is 2.86. The first-order chi connectivity index (χ1) is 6.24. The highest BCUT2D eigenvalue weighted by molar-refractivity contribution is 9.10. The summed E-state index contributed by atoms with van der Waals surface area (Å²) >= 11 is 3.40. The number of aromatic amines is 1. The van der Waals surface area contributed by atoms with Crippen molar-refractivity contribution in [1.29, 1.82) is 5.26 Å². The van der Waals surface area contributed by atoms with Crippen molar-refractivity contribution in [2.45, 2.75) is 6.92 Å². The molecule has 0 aliphatic carbocycles. The Morgan fingerprint density at radius 3 is 3.08 bits per heavy atom. The van der Waals surface area contributed by atoms with Crippen LogP contribution in [0.4, 0.5) is 0 Å². The first kappa shape index (κ1) is 8.27. The van der Waals surface area contributed by atoms with Gasteiger partial charge in [0, 0.05) is 22.3 Å². The molecule has 0 saturated carbocycles. The summed E-state index contributed by atoms with van der Waals surface area (Å²) in [4.78, 5) is 7.14. The van der Waals surface area contributed by atoms with Gasteiger partial charge in [-0.05, 0) is 28.4 Å². The van der Waals surface area contributed by atoms with Crippen LogP contribution in [0.2, 0.25) is 0 Å². The van der Waals surface area contributed by atoms with E-state index < -0.39 is 0 Å². The van der Waals surface area contributed by atoms with Crippen LogP contribution >= 0.6 is 15.9 Å². The number of hydrogen-bond donors (Lipinski definition) is 1. The molecule has 2 heterocycles. The summed E-state index contributed by atoms with van der Waals surface area (Å²) < 4.78 is 0.949. The molecule has 0 aliphatic rings. The van der Waals surface area contributed by atoms with Gasteiger partial charge in [0.15, 0.2) is 0 Å². The number of nitriles is 1.